The predicted molar refractivity (Wildman–Crippen MR) is 337 cm³/mol. The summed E-state index contributed by atoms with van der Waals surface area (Å²) in [5, 5.41) is 0. The van der Waals surface area contributed by atoms with Crippen molar-refractivity contribution in [2.75, 3.05) is 14.7 Å². The fraction of sp³-hybridized carbons (Fsp3) is 0.514. The molecule has 4 heteroatoms. The van der Waals surface area contributed by atoms with Gasteiger partial charge in [-0.1, -0.05) is 166 Å². The van der Waals surface area contributed by atoms with Crippen LogP contribution in [-0.4, -0.2) is 12.3 Å². The highest BCUT2D eigenvalue weighted by molar-refractivity contribution is 7.00. The molecule has 7 aliphatic rings. The van der Waals surface area contributed by atoms with Crippen molar-refractivity contribution in [1.29, 1.82) is 0 Å². The quantitative estimate of drug-likeness (QED) is 0.163. The van der Waals surface area contributed by atoms with E-state index in [0.717, 1.165) is 0 Å². The Hall–Kier alpha value is -5.22. The van der Waals surface area contributed by atoms with E-state index in [-0.39, 0.29) is 55.6 Å². The molecule has 1 saturated carbocycles. The number of anilines is 8. The zero-order valence-electron chi connectivity index (χ0n) is 51.7. The second kappa shape index (κ2) is 16.2. The summed E-state index contributed by atoms with van der Waals surface area (Å²) in [5.41, 5.74) is 30.0. The van der Waals surface area contributed by atoms with E-state index < -0.39 is 0 Å². The minimum Gasteiger partial charge on any atom is -0.334 e. The van der Waals surface area contributed by atoms with Crippen molar-refractivity contribution in [1.82, 2.24) is 0 Å². The molecule has 6 aromatic rings. The molecule has 0 aromatic heterocycles. The summed E-state index contributed by atoms with van der Waals surface area (Å²) in [6.45, 7) is 47.3. The Morgan fingerprint density at radius 3 is 1.49 bits per heavy atom. The zero-order chi connectivity index (χ0) is 55.6. The highest BCUT2D eigenvalue weighted by Gasteiger charge is 2.58. The lowest BCUT2D eigenvalue weighted by atomic mass is 9.33. The molecule has 0 radical (unpaired) electrons. The lowest BCUT2D eigenvalue weighted by molar-refractivity contribution is 0.195. The van der Waals surface area contributed by atoms with Crippen molar-refractivity contribution in [3.8, 4) is 0 Å². The predicted octanol–water partition coefficient (Wildman–Crippen LogP) is 18.5. The summed E-state index contributed by atoms with van der Waals surface area (Å²) < 4.78 is 0. The maximum Gasteiger partial charge on any atom is 0.252 e. The molecule has 3 aliphatic heterocycles. The van der Waals surface area contributed by atoms with Crippen LogP contribution >= 0.6 is 0 Å². The Morgan fingerprint density at radius 2 is 0.885 bits per heavy atom. The Bertz CT molecular complexity index is 3550. The fourth-order valence-electron chi connectivity index (χ4n) is 17.1. The highest BCUT2D eigenvalue weighted by Crippen LogP contribution is 2.62. The molecule has 13 rings (SSSR count). The first kappa shape index (κ1) is 52.2. The summed E-state index contributed by atoms with van der Waals surface area (Å²) in [4.78, 5) is 8.40. The molecule has 1 fully saturated rings. The van der Waals surface area contributed by atoms with Gasteiger partial charge in [-0.05, 0) is 231 Å². The Labute approximate surface area is 472 Å². The van der Waals surface area contributed by atoms with Crippen LogP contribution in [0.5, 0.6) is 0 Å². The number of hydrogen-bond donors (Lipinski definition) is 0. The van der Waals surface area contributed by atoms with Crippen molar-refractivity contribution < 1.29 is 0 Å². The Morgan fingerprint density at radius 1 is 0.385 bits per heavy atom. The minimum atomic E-state index is -0.126. The summed E-state index contributed by atoms with van der Waals surface area (Å²) in [6, 6.07) is 38.9. The first-order chi connectivity index (χ1) is 36.3. The van der Waals surface area contributed by atoms with E-state index in [4.69, 9.17) is 0 Å². The fourth-order valence-corrected chi connectivity index (χ4v) is 17.1. The summed E-state index contributed by atoms with van der Waals surface area (Å²) in [5.74, 6) is 0. The molecular formula is C74H92BN3. The van der Waals surface area contributed by atoms with Gasteiger partial charge in [-0.25, -0.2) is 0 Å². The van der Waals surface area contributed by atoms with Crippen LogP contribution in [0.4, 0.5) is 45.5 Å². The van der Waals surface area contributed by atoms with Gasteiger partial charge < -0.3 is 14.7 Å². The van der Waals surface area contributed by atoms with Gasteiger partial charge in [0.25, 0.3) is 6.71 Å². The van der Waals surface area contributed by atoms with E-state index in [0.29, 0.717) is 0 Å². The maximum absolute atomic E-state index is 2.83. The molecule has 2 atom stereocenters. The number of aryl methyl sites for hydroxylation is 2. The van der Waals surface area contributed by atoms with E-state index in [1.54, 1.807) is 0 Å². The second-order valence-corrected chi connectivity index (χ2v) is 31.9. The standard InChI is InChI=1S/C74H92BN3/c1-45-22-27-59-56(36-45)73(18)28-20-21-29-74(73,19)78(59)49-24-26-57-61(41-49)77(60-43-54-51(37-46(60)2)68(8,9)32-34-71(54,14)15)64-39-47(66(3,4)5)38-63-65(64)75(57)58-42-53-55(72(16,17)35-33-70(53,12)13)44-62(58)76(63)48-23-25-50-52(40-48)69(10,11)31-30-67(50,6)7/h22-27,36-44H,20-21,28-35H2,1-19H3. The van der Waals surface area contributed by atoms with Crippen LogP contribution in [0.2, 0.25) is 0 Å². The molecule has 406 valence electrons. The maximum atomic E-state index is 2.83. The third-order valence-corrected chi connectivity index (χ3v) is 22.9. The smallest absolute Gasteiger partial charge is 0.252 e. The number of hydrogen-bond acceptors (Lipinski definition) is 3. The Balaban J connectivity index is 1.16. The average molecular weight is 1030 g/mol. The number of fused-ring (bicyclic) bond motifs is 10. The molecule has 3 heterocycles. The van der Waals surface area contributed by atoms with Crippen molar-refractivity contribution in [3.05, 3.63) is 147 Å². The minimum absolute atomic E-state index is 0.0204. The van der Waals surface area contributed by atoms with Crippen LogP contribution in [0, 0.1) is 13.8 Å². The van der Waals surface area contributed by atoms with Gasteiger partial charge >= 0.3 is 0 Å². The van der Waals surface area contributed by atoms with Crippen molar-refractivity contribution in [3.63, 3.8) is 0 Å². The van der Waals surface area contributed by atoms with Crippen molar-refractivity contribution in [2.24, 2.45) is 0 Å². The second-order valence-electron chi connectivity index (χ2n) is 31.9. The van der Waals surface area contributed by atoms with Crippen LogP contribution < -0.4 is 31.1 Å². The molecule has 78 heavy (non-hydrogen) atoms. The van der Waals surface area contributed by atoms with E-state index in [2.05, 4.69) is 237 Å². The molecule has 6 aromatic carbocycles. The van der Waals surface area contributed by atoms with Crippen LogP contribution in [0.1, 0.15) is 238 Å². The van der Waals surface area contributed by atoms with Crippen LogP contribution in [0.3, 0.4) is 0 Å². The van der Waals surface area contributed by atoms with Gasteiger partial charge in [0.2, 0.25) is 0 Å². The lowest BCUT2D eigenvalue weighted by Gasteiger charge is -2.51. The van der Waals surface area contributed by atoms with Crippen molar-refractivity contribution in [2.45, 2.75) is 245 Å². The molecule has 0 amide bonds. The first-order valence-corrected chi connectivity index (χ1v) is 30.6. The van der Waals surface area contributed by atoms with Gasteiger partial charge in [0.05, 0.1) is 5.54 Å². The zero-order valence-corrected chi connectivity index (χ0v) is 51.7. The molecule has 4 aliphatic carbocycles. The molecular weight excluding hydrogens is 942 g/mol. The summed E-state index contributed by atoms with van der Waals surface area (Å²) in [7, 11) is 0. The summed E-state index contributed by atoms with van der Waals surface area (Å²) >= 11 is 0. The topological polar surface area (TPSA) is 9.72 Å². The van der Waals surface area contributed by atoms with E-state index in [1.165, 1.54) is 182 Å². The third kappa shape index (κ3) is 7.20. The van der Waals surface area contributed by atoms with Crippen LogP contribution in [-0.2, 0) is 43.3 Å². The van der Waals surface area contributed by atoms with Crippen LogP contribution in [0.15, 0.2) is 91.0 Å². The SMILES string of the molecule is Cc1ccc2c(c1)C1(C)CCCCC1(C)N2c1ccc2c(c1)N(c1cc3c(cc1C)C(C)(C)CCC3(C)C)c1cc(C(C)(C)C)cc3c1B2c1cc2c(cc1N3c1ccc3c(c1)C(C)(C)CCC3(C)C)C(C)(C)CCC2(C)C. The highest BCUT2D eigenvalue weighted by atomic mass is 15.3. The van der Waals surface area contributed by atoms with Gasteiger partial charge in [0.1, 0.15) is 0 Å². The summed E-state index contributed by atoms with van der Waals surface area (Å²) in [6.07, 6.45) is 12.0. The normalized spacial score (nSPS) is 25.0. The largest absolute Gasteiger partial charge is 0.334 e. The molecule has 2 unspecified atom stereocenters. The van der Waals surface area contributed by atoms with Crippen molar-refractivity contribution >= 4 is 68.6 Å². The first-order valence-electron chi connectivity index (χ1n) is 30.6. The van der Waals surface area contributed by atoms with E-state index >= 15 is 0 Å². The van der Waals surface area contributed by atoms with Gasteiger partial charge in [-0.2, -0.15) is 0 Å². The van der Waals surface area contributed by atoms with Crippen LogP contribution in [0.25, 0.3) is 0 Å². The lowest BCUT2D eigenvalue weighted by Crippen LogP contribution is -2.62. The molecule has 3 nitrogen and oxygen atoms in total. The van der Waals surface area contributed by atoms with Gasteiger partial charge in [0.15, 0.2) is 0 Å². The van der Waals surface area contributed by atoms with Gasteiger partial charge in [0, 0.05) is 50.9 Å². The molecule has 0 spiro atoms. The van der Waals surface area contributed by atoms with Gasteiger partial charge in [-0.15, -0.1) is 0 Å². The van der Waals surface area contributed by atoms with E-state index in [9.17, 15) is 0 Å². The third-order valence-electron chi connectivity index (χ3n) is 22.9. The molecule has 0 bridgehead atoms. The Kier molecular flexibility index (Phi) is 10.9. The molecule has 0 saturated heterocycles. The average Bonchev–Trinajstić information content (AvgIpc) is 2.23. The molecule has 0 N–H and O–H groups in total. The van der Waals surface area contributed by atoms with E-state index in [1.807, 2.05) is 0 Å². The van der Waals surface area contributed by atoms with Gasteiger partial charge in [-0.3, -0.25) is 0 Å². The number of nitrogens with zero attached hydrogens (tertiary/aromatic N) is 3. The number of rotatable bonds is 3. The number of benzene rings is 6. The monoisotopic (exact) mass is 1030 g/mol.